The molecule has 0 unspecified atom stereocenters. The minimum atomic E-state index is -0.284. The number of ether oxygens (including phenoxy) is 2. The molecule has 4 rings (SSSR count). The maximum atomic E-state index is 12.7. The van der Waals surface area contributed by atoms with E-state index in [4.69, 9.17) is 9.47 Å². The van der Waals surface area contributed by atoms with Crippen LogP contribution in [0.4, 0.5) is 17.2 Å². The number of benzene rings is 2. The van der Waals surface area contributed by atoms with E-state index in [1.54, 1.807) is 13.0 Å². The van der Waals surface area contributed by atoms with Crippen LogP contribution < -0.4 is 20.1 Å². The van der Waals surface area contributed by atoms with Gasteiger partial charge in [-0.1, -0.05) is 12.1 Å². The molecule has 1 aliphatic rings. The van der Waals surface area contributed by atoms with Crippen LogP contribution in [0.25, 0.3) is 0 Å². The van der Waals surface area contributed by atoms with Crippen molar-refractivity contribution in [2.24, 2.45) is 0 Å². The van der Waals surface area contributed by atoms with Crippen molar-refractivity contribution in [2.45, 2.75) is 20.8 Å². The lowest BCUT2D eigenvalue weighted by Gasteiger charge is -2.12. The summed E-state index contributed by atoms with van der Waals surface area (Å²) in [4.78, 5) is 21.4. The standard InChI is InChI=1S/C21H20N4O3/c1-12-5-4-6-16(13(12)2)25-21(26)17-10-20(23-14(3)22-17)24-15-7-8-18-19(9-15)28-11-27-18/h4-10H,11H2,1-3H3,(H,25,26)(H,22,23,24). The summed E-state index contributed by atoms with van der Waals surface area (Å²) in [6.07, 6.45) is 0. The number of fused-ring (bicyclic) bond motifs is 1. The Morgan fingerprint density at radius 1 is 1.00 bits per heavy atom. The van der Waals surface area contributed by atoms with Crippen molar-refractivity contribution in [3.05, 3.63) is 65.1 Å². The number of hydrogen-bond donors (Lipinski definition) is 2. The molecule has 0 saturated carbocycles. The summed E-state index contributed by atoms with van der Waals surface area (Å²) in [6, 6.07) is 12.9. The quantitative estimate of drug-likeness (QED) is 0.712. The van der Waals surface area contributed by atoms with Gasteiger partial charge in [-0.2, -0.15) is 0 Å². The summed E-state index contributed by atoms with van der Waals surface area (Å²) in [5, 5.41) is 6.11. The fourth-order valence-corrected chi connectivity index (χ4v) is 2.94. The smallest absolute Gasteiger partial charge is 0.274 e. The first-order chi connectivity index (χ1) is 13.5. The molecule has 7 heteroatoms. The Morgan fingerprint density at radius 2 is 1.82 bits per heavy atom. The molecular formula is C21H20N4O3. The van der Waals surface area contributed by atoms with Gasteiger partial charge in [0.1, 0.15) is 17.3 Å². The van der Waals surface area contributed by atoms with Crippen LogP contribution in [0.1, 0.15) is 27.4 Å². The number of rotatable bonds is 4. The zero-order valence-electron chi connectivity index (χ0n) is 15.9. The first-order valence-electron chi connectivity index (χ1n) is 8.89. The highest BCUT2D eigenvalue weighted by Crippen LogP contribution is 2.35. The Labute approximate surface area is 162 Å². The first kappa shape index (κ1) is 17.8. The van der Waals surface area contributed by atoms with Gasteiger partial charge in [-0.3, -0.25) is 4.79 Å². The van der Waals surface area contributed by atoms with E-state index >= 15 is 0 Å². The number of carbonyl (C=O) groups excluding carboxylic acids is 1. The van der Waals surface area contributed by atoms with Crippen LogP contribution >= 0.6 is 0 Å². The molecule has 0 radical (unpaired) electrons. The van der Waals surface area contributed by atoms with Crippen LogP contribution in [0.3, 0.4) is 0 Å². The van der Waals surface area contributed by atoms with Crippen molar-refractivity contribution in [1.82, 2.24) is 9.97 Å². The second-order valence-corrected chi connectivity index (χ2v) is 6.58. The maximum Gasteiger partial charge on any atom is 0.274 e. The fraction of sp³-hybridized carbons (Fsp3) is 0.190. The molecule has 28 heavy (non-hydrogen) atoms. The summed E-state index contributed by atoms with van der Waals surface area (Å²) in [6.45, 7) is 5.95. The highest BCUT2D eigenvalue weighted by Gasteiger charge is 2.15. The number of nitrogens with one attached hydrogen (secondary N) is 2. The van der Waals surface area contributed by atoms with Crippen molar-refractivity contribution in [1.29, 1.82) is 0 Å². The molecule has 2 heterocycles. The highest BCUT2D eigenvalue weighted by atomic mass is 16.7. The van der Waals surface area contributed by atoms with Gasteiger partial charge in [-0.25, -0.2) is 9.97 Å². The van der Waals surface area contributed by atoms with E-state index in [0.717, 1.165) is 22.5 Å². The lowest BCUT2D eigenvalue weighted by atomic mass is 10.1. The Kier molecular flexibility index (Phi) is 4.57. The number of amides is 1. The third kappa shape index (κ3) is 3.59. The van der Waals surface area contributed by atoms with Gasteiger partial charge in [0.05, 0.1) is 0 Å². The van der Waals surface area contributed by atoms with E-state index in [2.05, 4.69) is 20.6 Å². The molecule has 0 saturated heterocycles. The number of carbonyl (C=O) groups is 1. The third-order valence-electron chi connectivity index (χ3n) is 4.57. The first-order valence-corrected chi connectivity index (χ1v) is 8.89. The van der Waals surface area contributed by atoms with Gasteiger partial charge < -0.3 is 20.1 Å². The van der Waals surface area contributed by atoms with Crippen LogP contribution in [-0.2, 0) is 0 Å². The molecule has 0 fully saturated rings. The van der Waals surface area contributed by atoms with E-state index < -0.39 is 0 Å². The normalized spacial score (nSPS) is 12.0. The van der Waals surface area contributed by atoms with Gasteiger partial charge in [0, 0.05) is 23.5 Å². The minimum Gasteiger partial charge on any atom is -0.454 e. The molecule has 0 bridgehead atoms. The molecule has 2 aromatic carbocycles. The third-order valence-corrected chi connectivity index (χ3v) is 4.57. The van der Waals surface area contributed by atoms with E-state index in [9.17, 15) is 4.79 Å². The van der Waals surface area contributed by atoms with Gasteiger partial charge in [-0.15, -0.1) is 0 Å². The lowest BCUT2D eigenvalue weighted by molar-refractivity contribution is 0.102. The summed E-state index contributed by atoms with van der Waals surface area (Å²) < 4.78 is 10.7. The minimum absolute atomic E-state index is 0.216. The number of aromatic nitrogens is 2. The molecule has 0 spiro atoms. The van der Waals surface area contributed by atoms with Crippen molar-refractivity contribution in [2.75, 3.05) is 17.4 Å². The fourth-order valence-electron chi connectivity index (χ4n) is 2.94. The van der Waals surface area contributed by atoms with Crippen molar-refractivity contribution < 1.29 is 14.3 Å². The molecule has 1 aromatic heterocycles. The predicted octanol–water partition coefficient (Wildman–Crippen LogP) is 4.13. The summed E-state index contributed by atoms with van der Waals surface area (Å²) in [5.74, 6) is 2.11. The van der Waals surface area contributed by atoms with Gasteiger partial charge in [-0.05, 0) is 50.1 Å². The van der Waals surface area contributed by atoms with Crippen molar-refractivity contribution in [3.63, 3.8) is 0 Å². The van der Waals surface area contributed by atoms with E-state index in [0.29, 0.717) is 23.1 Å². The van der Waals surface area contributed by atoms with Crippen LogP contribution in [0.15, 0.2) is 42.5 Å². The molecule has 0 atom stereocenters. The van der Waals surface area contributed by atoms with Crippen LogP contribution in [0, 0.1) is 20.8 Å². The van der Waals surface area contributed by atoms with Crippen LogP contribution in [0.5, 0.6) is 11.5 Å². The second kappa shape index (κ2) is 7.19. The zero-order valence-corrected chi connectivity index (χ0v) is 15.9. The average molecular weight is 376 g/mol. The maximum absolute atomic E-state index is 12.7. The van der Waals surface area contributed by atoms with Crippen LogP contribution in [-0.4, -0.2) is 22.7 Å². The second-order valence-electron chi connectivity index (χ2n) is 6.58. The zero-order chi connectivity index (χ0) is 19.7. The Balaban J connectivity index is 1.56. The molecule has 1 aliphatic heterocycles. The molecule has 3 aromatic rings. The number of hydrogen-bond acceptors (Lipinski definition) is 6. The number of anilines is 3. The molecular weight excluding hydrogens is 356 g/mol. The van der Waals surface area contributed by atoms with Gasteiger partial charge in [0.2, 0.25) is 6.79 Å². The summed E-state index contributed by atoms with van der Waals surface area (Å²) in [7, 11) is 0. The lowest BCUT2D eigenvalue weighted by Crippen LogP contribution is -2.16. The largest absolute Gasteiger partial charge is 0.454 e. The monoisotopic (exact) mass is 376 g/mol. The number of aryl methyl sites for hydroxylation is 2. The molecule has 0 aliphatic carbocycles. The molecule has 2 N–H and O–H groups in total. The highest BCUT2D eigenvalue weighted by molar-refractivity contribution is 6.03. The van der Waals surface area contributed by atoms with Gasteiger partial charge in [0.25, 0.3) is 5.91 Å². The Morgan fingerprint density at radius 3 is 2.68 bits per heavy atom. The van der Waals surface area contributed by atoms with Crippen molar-refractivity contribution >= 4 is 23.1 Å². The topological polar surface area (TPSA) is 85.4 Å². The molecule has 7 nitrogen and oxygen atoms in total. The number of nitrogens with zero attached hydrogens (tertiary/aromatic N) is 2. The van der Waals surface area contributed by atoms with Gasteiger partial charge >= 0.3 is 0 Å². The predicted molar refractivity (Wildman–Crippen MR) is 106 cm³/mol. The molecule has 142 valence electrons. The summed E-state index contributed by atoms with van der Waals surface area (Å²) in [5.41, 5.74) is 3.98. The van der Waals surface area contributed by atoms with Crippen molar-refractivity contribution in [3.8, 4) is 11.5 Å². The van der Waals surface area contributed by atoms with Crippen LogP contribution in [0.2, 0.25) is 0 Å². The Bertz CT molecular complexity index is 1070. The van der Waals surface area contributed by atoms with E-state index in [1.165, 1.54) is 0 Å². The average Bonchev–Trinajstić information content (AvgIpc) is 3.13. The Hall–Kier alpha value is -3.61. The SMILES string of the molecule is Cc1nc(Nc2ccc3c(c2)OCO3)cc(C(=O)Nc2cccc(C)c2C)n1. The van der Waals surface area contributed by atoms with Gasteiger partial charge in [0.15, 0.2) is 11.5 Å². The van der Waals surface area contributed by atoms with E-state index in [1.807, 2.05) is 50.2 Å². The van der Waals surface area contributed by atoms with E-state index in [-0.39, 0.29) is 18.4 Å². The summed E-state index contributed by atoms with van der Waals surface area (Å²) >= 11 is 0. The molecule has 1 amide bonds.